The third-order valence-electron chi connectivity index (χ3n) is 5.57. The van der Waals surface area contributed by atoms with Gasteiger partial charge < -0.3 is 5.32 Å². The van der Waals surface area contributed by atoms with Crippen LogP contribution in [-0.4, -0.2) is 29.3 Å². The quantitative estimate of drug-likeness (QED) is 0.310. The SMILES string of the molecule is Cc1ccccc1NS(=O)(=O)c1ccc(NC(=O)CN(c2ccccc2)S(=O)(=O)c2ccc(F)cc2)cc1. The van der Waals surface area contributed by atoms with Crippen LogP contribution in [0.4, 0.5) is 21.5 Å². The van der Waals surface area contributed by atoms with Crippen LogP contribution in [0.1, 0.15) is 5.56 Å². The molecule has 196 valence electrons. The van der Waals surface area contributed by atoms with Gasteiger partial charge in [-0.05, 0) is 79.2 Å². The van der Waals surface area contributed by atoms with Crippen LogP contribution in [-0.2, 0) is 24.8 Å². The van der Waals surface area contributed by atoms with E-state index in [1.165, 1.54) is 36.4 Å². The van der Waals surface area contributed by atoms with E-state index in [0.29, 0.717) is 5.69 Å². The second-order valence-corrected chi connectivity index (χ2v) is 11.8. The Bertz CT molecular complexity index is 1640. The minimum Gasteiger partial charge on any atom is -0.325 e. The van der Waals surface area contributed by atoms with Gasteiger partial charge in [-0.3, -0.25) is 13.8 Å². The first kappa shape index (κ1) is 26.8. The molecule has 0 spiro atoms. The van der Waals surface area contributed by atoms with Gasteiger partial charge >= 0.3 is 0 Å². The zero-order valence-electron chi connectivity index (χ0n) is 20.2. The van der Waals surface area contributed by atoms with Crippen LogP contribution in [0.15, 0.2) is 113 Å². The summed E-state index contributed by atoms with van der Waals surface area (Å²) in [6.45, 7) is 1.21. The standard InChI is InChI=1S/C27H24FN3O5S2/c1-20-7-5-6-10-26(20)30-37(33,34)24-17-13-22(14-18-24)29-27(32)19-31(23-8-3-2-4-9-23)38(35,36)25-15-11-21(28)12-16-25/h2-18,30H,19H2,1H3,(H,29,32). The molecule has 0 aliphatic heterocycles. The first-order valence-corrected chi connectivity index (χ1v) is 14.3. The second-order valence-electron chi connectivity index (χ2n) is 8.29. The van der Waals surface area contributed by atoms with Gasteiger partial charge in [0, 0.05) is 5.69 Å². The highest BCUT2D eigenvalue weighted by Gasteiger charge is 2.27. The van der Waals surface area contributed by atoms with Crippen molar-refractivity contribution in [2.75, 3.05) is 20.9 Å². The molecule has 0 heterocycles. The molecule has 0 saturated carbocycles. The number of amides is 1. The van der Waals surface area contributed by atoms with Gasteiger partial charge in [0.05, 0.1) is 21.2 Å². The summed E-state index contributed by atoms with van der Waals surface area (Å²) in [6, 6.07) is 24.8. The number of anilines is 3. The van der Waals surface area contributed by atoms with E-state index in [-0.39, 0.29) is 21.2 Å². The molecule has 0 radical (unpaired) electrons. The fraction of sp³-hybridized carbons (Fsp3) is 0.0741. The lowest BCUT2D eigenvalue weighted by Gasteiger charge is -2.24. The first-order chi connectivity index (χ1) is 18.1. The predicted molar refractivity (Wildman–Crippen MR) is 144 cm³/mol. The second kappa shape index (κ2) is 11.0. The summed E-state index contributed by atoms with van der Waals surface area (Å²) in [5.41, 5.74) is 1.74. The van der Waals surface area contributed by atoms with Crippen molar-refractivity contribution in [1.29, 1.82) is 0 Å². The van der Waals surface area contributed by atoms with Gasteiger partial charge in [0.25, 0.3) is 20.0 Å². The van der Waals surface area contributed by atoms with Crippen molar-refractivity contribution >= 4 is 43.0 Å². The predicted octanol–water partition coefficient (Wildman–Crippen LogP) is 4.77. The van der Waals surface area contributed by atoms with Crippen molar-refractivity contribution in [2.45, 2.75) is 16.7 Å². The van der Waals surface area contributed by atoms with Gasteiger partial charge in [0.15, 0.2) is 0 Å². The van der Waals surface area contributed by atoms with E-state index in [1.54, 1.807) is 49.4 Å². The third-order valence-corrected chi connectivity index (χ3v) is 8.74. The molecule has 0 fully saturated rings. The Hall–Kier alpha value is -4.22. The van der Waals surface area contributed by atoms with E-state index in [9.17, 15) is 26.0 Å². The van der Waals surface area contributed by atoms with E-state index in [2.05, 4.69) is 10.0 Å². The molecule has 0 aliphatic rings. The highest BCUT2D eigenvalue weighted by atomic mass is 32.2. The zero-order chi connectivity index (χ0) is 27.3. The molecule has 8 nitrogen and oxygen atoms in total. The highest BCUT2D eigenvalue weighted by molar-refractivity contribution is 7.93. The normalized spacial score (nSPS) is 11.5. The first-order valence-electron chi connectivity index (χ1n) is 11.4. The largest absolute Gasteiger partial charge is 0.325 e. The lowest BCUT2D eigenvalue weighted by atomic mass is 10.2. The van der Waals surface area contributed by atoms with Crippen LogP contribution in [0.25, 0.3) is 0 Å². The van der Waals surface area contributed by atoms with Gasteiger partial charge in [-0.2, -0.15) is 0 Å². The molecule has 4 aromatic carbocycles. The molecule has 1 amide bonds. The van der Waals surface area contributed by atoms with E-state index in [4.69, 9.17) is 0 Å². The summed E-state index contributed by atoms with van der Waals surface area (Å²) in [5, 5.41) is 2.59. The lowest BCUT2D eigenvalue weighted by Crippen LogP contribution is -2.38. The number of nitrogens with one attached hydrogen (secondary N) is 2. The zero-order valence-corrected chi connectivity index (χ0v) is 21.8. The molecule has 0 unspecified atom stereocenters. The topological polar surface area (TPSA) is 113 Å². The number of para-hydroxylation sites is 2. The van der Waals surface area contributed by atoms with Gasteiger partial charge in [0.1, 0.15) is 12.4 Å². The molecule has 4 rings (SSSR count). The Morgan fingerprint density at radius 1 is 0.763 bits per heavy atom. The summed E-state index contributed by atoms with van der Waals surface area (Å²) < 4.78 is 69.0. The molecule has 38 heavy (non-hydrogen) atoms. The van der Waals surface area contributed by atoms with Crippen LogP contribution < -0.4 is 14.3 Å². The number of carbonyl (C=O) groups is 1. The Kier molecular flexibility index (Phi) is 7.79. The van der Waals surface area contributed by atoms with E-state index >= 15 is 0 Å². The molecule has 0 saturated heterocycles. The Labute approximate surface area is 220 Å². The van der Waals surface area contributed by atoms with Crippen molar-refractivity contribution in [2.24, 2.45) is 0 Å². The van der Waals surface area contributed by atoms with Crippen molar-refractivity contribution in [3.8, 4) is 0 Å². The van der Waals surface area contributed by atoms with Crippen LogP contribution in [0.3, 0.4) is 0 Å². The molecule has 0 aliphatic carbocycles. The number of aryl methyl sites for hydroxylation is 1. The number of rotatable bonds is 9. The average Bonchev–Trinajstić information content (AvgIpc) is 2.89. The molecule has 0 bridgehead atoms. The number of carbonyl (C=O) groups excluding carboxylic acids is 1. The van der Waals surface area contributed by atoms with Crippen LogP contribution in [0.2, 0.25) is 0 Å². The van der Waals surface area contributed by atoms with Crippen molar-refractivity contribution in [1.82, 2.24) is 0 Å². The number of nitrogens with zero attached hydrogens (tertiary/aromatic N) is 1. The minimum absolute atomic E-state index is 0.0106. The summed E-state index contributed by atoms with van der Waals surface area (Å²) in [4.78, 5) is 12.7. The summed E-state index contributed by atoms with van der Waals surface area (Å²) >= 11 is 0. The summed E-state index contributed by atoms with van der Waals surface area (Å²) in [6.07, 6.45) is 0. The van der Waals surface area contributed by atoms with Gasteiger partial charge in [-0.15, -0.1) is 0 Å². The van der Waals surface area contributed by atoms with Crippen LogP contribution in [0.5, 0.6) is 0 Å². The van der Waals surface area contributed by atoms with Crippen LogP contribution >= 0.6 is 0 Å². The van der Waals surface area contributed by atoms with Gasteiger partial charge in [0.2, 0.25) is 5.91 Å². The summed E-state index contributed by atoms with van der Waals surface area (Å²) in [5.74, 6) is -1.25. The molecule has 11 heteroatoms. The van der Waals surface area contributed by atoms with Crippen molar-refractivity contribution in [3.63, 3.8) is 0 Å². The van der Waals surface area contributed by atoms with Gasteiger partial charge in [-0.1, -0.05) is 36.4 Å². The summed E-state index contributed by atoms with van der Waals surface area (Å²) in [7, 11) is -8.07. The molecule has 0 aromatic heterocycles. The number of hydrogen-bond acceptors (Lipinski definition) is 5. The minimum atomic E-state index is -4.20. The lowest BCUT2D eigenvalue weighted by molar-refractivity contribution is -0.114. The smallest absolute Gasteiger partial charge is 0.264 e. The van der Waals surface area contributed by atoms with E-state index in [0.717, 1.165) is 34.1 Å². The molecule has 4 aromatic rings. The Morgan fingerprint density at radius 2 is 1.34 bits per heavy atom. The van der Waals surface area contributed by atoms with E-state index in [1.807, 2.05) is 0 Å². The highest BCUT2D eigenvalue weighted by Crippen LogP contribution is 2.24. The number of hydrogen-bond donors (Lipinski definition) is 2. The Balaban J connectivity index is 1.52. The Morgan fingerprint density at radius 3 is 1.97 bits per heavy atom. The average molecular weight is 554 g/mol. The number of benzene rings is 4. The third kappa shape index (κ3) is 6.18. The van der Waals surface area contributed by atoms with E-state index < -0.39 is 38.3 Å². The maximum Gasteiger partial charge on any atom is 0.264 e. The fourth-order valence-corrected chi connectivity index (χ4v) is 6.13. The fourth-order valence-electron chi connectivity index (χ4n) is 3.58. The maximum atomic E-state index is 13.4. The monoisotopic (exact) mass is 553 g/mol. The molecular weight excluding hydrogens is 529 g/mol. The molecular formula is C27H24FN3O5S2. The molecule has 0 atom stereocenters. The van der Waals surface area contributed by atoms with Crippen LogP contribution in [0, 0.1) is 12.7 Å². The number of halogens is 1. The number of sulfonamides is 2. The maximum absolute atomic E-state index is 13.4. The van der Waals surface area contributed by atoms with Crippen molar-refractivity contribution in [3.05, 3.63) is 115 Å². The van der Waals surface area contributed by atoms with Gasteiger partial charge in [-0.25, -0.2) is 21.2 Å². The molecule has 2 N–H and O–H groups in total. The van der Waals surface area contributed by atoms with Crippen molar-refractivity contribution < 1.29 is 26.0 Å².